The van der Waals surface area contributed by atoms with E-state index in [2.05, 4.69) is 24.2 Å². The fourth-order valence-corrected chi connectivity index (χ4v) is 1.78. The van der Waals surface area contributed by atoms with Crippen molar-refractivity contribution in [3.05, 3.63) is 0 Å². The van der Waals surface area contributed by atoms with Gasteiger partial charge in [0, 0.05) is 18.8 Å². The maximum absolute atomic E-state index is 4.37. The van der Waals surface area contributed by atoms with Gasteiger partial charge >= 0.3 is 0 Å². The van der Waals surface area contributed by atoms with Crippen molar-refractivity contribution in [1.82, 2.24) is 5.32 Å². The van der Waals surface area contributed by atoms with Crippen molar-refractivity contribution in [2.45, 2.75) is 13.8 Å². The number of aliphatic imine (C=N–C) groups is 1. The van der Waals surface area contributed by atoms with E-state index in [1.165, 1.54) is 5.75 Å². The first-order valence-electron chi connectivity index (χ1n) is 3.74. The van der Waals surface area contributed by atoms with Crippen LogP contribution in [0.4, 0.5) is 0 Å². The summed E-state index contributed by atoms with van der Waals surface area (Å²) in [6.07, 6.45) is 0. The van der Waals surface area contributed by atoms with Gasteiger partial charge in [0.25, 0.3) is 0 Å². The summed E-state index contributed by atoms with van der Waals surface area (Å²) >= 11 is 1.83. The Morgan fingerprint density at radius 3 is 3.10 bits per heavy atom. The number of nitrogens with zero attached hydrogens (tertiary/aromatic N) is 1. The zero-order valence-corrected chi connectivity index (χ0v) is 7.37. The molecule has 0 saturated carbocycles. The molecule has 1 atom stereocenters. The Balaban J connectivity index is 2.33. The third kappa shape index (κ3) is 2.21. The molecule has 1 aliphatic heterocycles. The Labute approximate surface area is 66.5 Å². The molecule has 1 N–H and O–H groups in total. The molecule has 3 heteroatoms. The van der Waals surface area contributed by atoms with E-state index in [0.717, 1.165) is 24.2 Å². The van der Waals surface area contributed by atoms with Crippen LogP contribution in [-0.4, -0.2) is 24.0 Å². The first-order valence-corrected chi connectivity index (χ1v) is 4.72. The van der Waals surface area contributed by atoms with Crippen molar-refractivity contribution < 1.29 is 0 Å². The van der Waals surface area contributed by atoms with E-state index in [1.54, 1.807) is 0 Å². The molecule has 0 saturated heterocycles. The van der Waals surface area contributed by atoms with Crippen LogP contribution in [-0.2, 0) is 0 Å². The molecule has 10 heavy (non-hydrogen) atoms. The van der Waals surface area contributed by atoms with Gasteiger partial charge in [0.15, 0.2) is 5.17 Å². The molecule has 0 aromatic rings. The standard InChI is InChI=1S/C7H14N2S/c1-3-8-7-9-4-6(2)5-10-7/h6H,3-5H2,1-2H3,(H,8,9). The van der Waals surface area contributed by atoms with Crippen LogP contribution in [0.2, 0.25) is 0 Å². The molecule has 2 nitrogen and oxygen atoms in total. The van der Waals surface area contributed by atoms with Crippen LogP contribution in [0.3, 0.4) is 0 Å². The van der Waals surface area contributed by atoms with Crippen LogP contribution in [0.1, 0.15) is 13.8 Å². The minimum Gasteiger partial charge on any atom is -0.365 e. The normalized spacial score (nSPS) is 25.8. The van der Waals surface area contributed by atoms with Gasteiger partial charge in [-0.05, 0) is 12.8 Å². The lowest BCUT2D eigenvalue weighted by atomic mass is 10.2. The van der Waals surface area contributed by atoms with Crippen LogP contribution in [0.25, 0.3) is 0 Å². The molecule has 1 unspecified atom stereocenters. The monoisotopic (exact) mass is 158 g/mol. The van der Waals surface area contributed by atoms with Crippen LogP contribution in [0.5, 0.6) is 0 Å². The van der Waals surface area contributed by atoms with E-state index < -0.39 is 0 Å². The summed E-state index contributed by atoms with van der Waals surface area (Å²) < 4.78 is 0. The average Bonchev–Trinajstić information content (AvgIpc) is 1.95. The molecule has 0 bridgehead atoms. The van der Waals surface area contributed by atoms with Gasteiger partial charge in [0.1, 0.15) is 0 Å². The number of thioether (sulfide) groups is 1. The van der Waals surface area contributed by atoms with Crippen LogP contribution in [0.15, 0.2) is 4.99 Å². The highest BCUT2D eigenvalue weighted by atomic mass is 32.2. The lowest BCUT2D eigenvalue weighted by molar-refractivity contribution is 0.670. The smallest absolute Gasteiger partial charge is 0.156 e. The quantitative estimate of drug-likeness (QED) is 0.622. The molecule has 1 heterocycles. The van der Waals surface area contributed by atoms with Gasteiger partial charge < -0.3 is 5.32 Å². The zero-order chi connectivity index (χ0) is 7.40. The van der Waals surface area contributed by atoms with Crippen molar-refractivity contribution in [2.24, 2.45) is 10.9 Å². The van der Waals surface area contributed by atoms with Crippen molar-refractivity contribution in [1.29, 1.82) is 0 Å². The Bertz CT molecular complexity index is 134. The minimum atomic E-state index is 0.757. The number of hydrogen-bond donors (Lipinski definition) is 1. The summed E-state index contributed by atoms with van der Waals surface area (Å²) in [6, 6.07) is 0. The van der Waals surface area contributed by atoms with Crippen LogP contribution >= 0.6 is 11.8 Å². The fraction of sp³-hybridized carbons (Fsp3) is 0.857. The number of nitrogens with one attached hydrogen (secondary N) is 1. The predicted octanol–water partition coefficient (Wildman–Crippen LogP) is 1.33. The summed E-state index contributed by atoms with van der Waals surface area (Å²) in [5.41, 5.74) is 0. The van der Waals surface area contributed by atoms with E-state index in [-0.39, 0.29) is 0 Å². The van der Waals surface area contributed by atoms with Gasteiger partial charge in [-0.3, -0.25) is 4.99 Å². The predicted molar refractivity (Wildman–Crippen MR) is 47.6 cm³/mol. The van der Waals surface area contributed by atoms with Gasteiger partial charge in [-0.25, -0.2) is 0 Å². The molecule has 0 fully saturated rings. The van der Waals surface area contributed by atoms with Gasteiger partial charge in [-0.15, -0.1) is 0 Å². The molecule has 0 aromatic carbocycles. The Kier molecular flexibility index (Phi) is 3.06. The molecular weight excluding hydrogens is 144 g/mol. The Morgan fingerprint density at radius 1 is 1.80 bits per heavy atom. The topological polar surface area (TPSA) is 24.4 Å². The van der Waals surface area contributed by atoms with E-state index in [4.69, 9.17) is 0 Å². The van der Waals surface area contributed by atoms with Crippen molar-refractivity contribution in [3.8, 4) is 0 Å². The highest BCUT2D eigenvalue weighted by Gasteiger charge is 2.10. The van der Waals surface area contributed by atoms with Gasteiger partial charge in [0.2, 0.25) is 0 Å². The third-order valence-corrected chi connectivity index (χ3v) is 2.66. The molecule has 1 aliphatic rings. The van der Waals surface area contributed by atoms with Crippen LogP contribution < -0.4 is 5.32 Å². The van der Waals surface area contributed by atoms with Gasteiger partial charge in [-0.1, -0.05) is 18.7 Å². The summed E-state index contributed by atoms with van der Waals surface area (Å²) in [6.45, 7) is 6.32. The van der Waals surface area contributed by atoms with Crippen molar-refractivity contribution in [3.63, 3.8) is 0 Å². The van der Waals surface area contributed by atoms with Crippen molar-refractivity contribution in [2.75, 3.05) is 18.8 Å². The first kappa shape index (κ1) is 7.92. The van der Waals surface area contributed by atoms with Crippen LogP contribution in [0, 0.1) is 5.92 Å². The second-order valence-corrected chi connectivity index (χ2v) is 3.60. The second-order valence-electron chi connectivity index (χ2n) is 2.59. The zero-order valence-electron chi connectivity index (χ0n) is 6.55. The lowest BCUT2D eigenvalue weighted by Crippen LogP contribution is -2.25. The lowest BCUT2D eigenvalue weighted by Gasteiger charge is -2.16. The number of hydrogen-bond acceptors (Lipinski definition) is 3. The fourth-order valence-electron chi connectivity index (χ4n) is 0.816. The highest BCUT2D eigenvalue weighted by molar-refractivity contribution is 8.13. The first-order chi connectivity index (χ1) is 4.83. The molecule has 1 rings (SSSR count). The van der Waals surface area contributed by atoms with E-state index in [9.17, 15) is 0 Å². The molecule has 0 aromatic heterocycles. The Morgan fingerprint density at radius 2 is 2.60 bits per heavy atom. The summed E-state index contributed by atoms with van der Waals surface area (Å²) in [4.78, 5) is 4.37. The summed E-state index contributed by atoms with van der Waals surface area (Å²) in [5.74, 6) is 1.97. The third-order valence-electron chi connectivity index (χ3n) is 1.38. The minimum absolute atomic E-state index is 0.757. The molecule has 0 spiro atoms. The molecule has 0 aliphatic carbocycles. The average molecular weight is 158 g/mol. The second kappa shape index (κ2) is 3.86. The molecular formula is C7H14N2S. The molecule has 58 valence electrons. The summed E-state index contributed by atoms with van der Waals surface area (Å²) in [7, 11) is 0. The molecule has 0 radical (unpaired) electrons. The van der Waals surface area contributed by atoms with Crippen molar-refractivity contribution >= 4 is 16.9 Å². The maximum Gasteiger partial charge on any atom is 0.156 e. The largest absolute Gasteiger partial charge is 0.365 e. The number of rotatable bonds is 1. The summed E-state index contributed by atoms with van der Waals surface area (Å²) in [5, 5.41) is 4.34. The SMILES string of the molecule is CCNC1=NCC(C)CS1. The van der Waals surface area contributed by atoms with E-state index >= 15 is 0 Å². The van der Waals surface area contributed by atoms with Gasteiger partial charge in [0.05, 0.1) is 0 Å². The van der Waals surface area contributed by atoms with E-state index in [0.29, 0.717) is 0 Å². The van der Waals surface area contributed by atoms with E-state index in [1.807, 2.05) is 11.8 Å². The van der Waals surface area contributed by atoms with Gasteiger partial charge in [-0.2, -0.15) is 0 Å². The Hall–Kier alpha value is -0.180. The number of amidine groups is 1. The highest BCUT2D eigenvalue weighted by Crippen LogP contribution is 2.15. The maximum atomic E-state index is 4.37. The molecule has 0 amide bonds.